The van der Waals surface area contributed by atoms with Gasteiger partial charge in [-0.1, -0.05) is 6.92 Å². The molecule has 1 amide bonds. The molecule has 0 aliphatic heterocycles. The van der Waals surface area contributed by atoms with E-state index in [1.54, 1.807) is 0 Å². The number of aromatic hydroxyl groups is 1. The number of hydrogen-bond acceptors (Lipinski definition) is 4. The topological polar surface area (TPSA) is 99.5 Å². The fourth-order valence-corrected chi connectivity index (χ4v) is 1.41. The van der Waals surface area contributed by atoms with E-state index in [0.29, 0.717) is 13.0 Å². The maximum atomic E-state index is 11.7. The second-order valence-electron chi connectivity index (χ2n) is 4.14. The van der Waals surface area contributed by atoms with Crippen LogP contribution in [0.5, 0.6) is 5.75 Å². The molecule has 0 fully saturated rings. The van der Waals surface area contributed by atoms with Crippen LogP contribution in [0.2, 0.25) is 0 Å². The van der Waals surface area contributed by atoms with Crippen LogP contribution in [0.4, 0.5) is 0 Å². The minimum absolute atomic E-state index is 0.0639. The summed E-state index contributed by atoms with van der Waals surface area (Å²) < 4.78 is 0. The van der Waals surface area contributed by atoms with Gasteiger partial charge in [-0.2, -0.15) is 0 Å². The Labute approximate surface area is 105 Å². The Hall–Kier alpha value is -2.11. The number of carboxylic acids is 1. The predicted molar refractivity (Wildman–Crippen MR) is 64.3 cm³/mol. The molecule has 18 heavy (non-hydrogen) atoms. The highest BCUT2D eigenvalue weighted by Gasteiger charge is 2.12. The van der Waals surface area contributed by atoms with Gasteiger partial charge in [0.1, 0.15) is 5.75 Å². The predicted octanol–water partition coefficient (Wildman–Crippen LogP) is 1.02. The maximum absolute atomic E-state index is 11.7. The van der Waals surface area contributed by atoms with Gasteiger partial charge in [0, 0.05) is 19.2 Å². The van der Waals surface area contributed by atoms with Crippen molar-refractivity contribution < 1.29 is 19.8 Å². The van der Waals surface area contributed by atoms with Crippen molar-refractivity contribution in [3.63, 3.8) is 0 Å². The largest absolute Gasteiger partial charge is 0.505 e. The first-order valence-corrected chi connectivity index (χ1v) is 5.63. The molecule has 6 heteroatoms. The van der Waals surface area contributed by atoms with E-state index < -0.39 is 11.9 Å². The minimum Gasteiger partial charge on any atom is -0.505 e. The zero-order valence-corrected chi connectivity index (χ0v) is 10.1. The standard InChI is InChI=1S/C12H16N2O4/c1-8(2-3-11(16)17)6-14-12(18)9-4-5-13-7-10(9)15/h4-5,7-8,15H,2-3,6H2,1H3,(H,14,18)(H,16,17). The highest BCUT2D eigenvalue weighted by molar-refractivity contribution is 5.96. The number of pyridine rings is 1. The van der Waals surface area contributed by atoms with Gasteiger partial charge in [0.05, 0.1) is 11.8 Å². The van der Waals surface area contributed by atoms with Crippen LogP contribution in [0, 0.1) is 5.92 Å². The molecule has 0 spiro atoms. The molecule has 98 valence electrons. The van der Waals surface area contributed by atoms with Crippen molar-refractivity contribution in [1.82, 2.24) is 10.3 Å². The first-order valence-electron chi connectivity index (χ1n) is 5.63. The normalized spacial score (nSPS) is 11.8. The van der Waals surface area contributed by atoms with Crippen LogP contribution in [0.1, 0.15) is 30.1 Å². The van der Waals surface area contributed by atoms with E-state index in [2.05, 4.69) is 10.3 Å². The van der Waals surface area contributed by atoms with Gasteiger partial charge in [0.25, 0.3) is 5.91 Å². The zero-order valence-electron chi connectivity index (χ0n) is 10.1. The van der Waals surface area contributed by atoms with Crippen molar-refractivity contribution >= 4 is 11.9 Å². The molecule has 1 unspecified atom stereocenters. The van der Waals surface area contributed by atoms with Crippen molar-refractivity contribution in [3.8, 4) is 5.75 Å². The van der Waals surface area contributed by atoms with E-state index >= 15 is 0 Å². The Balaban J connectivity index is 2.42. The van der Waals surface area contributed by atoms with Gasteiger partial charge in [0.2, 0.25) is 0 Å². The Kier molecular flexibility index (Phi) is 5.10. The quantitative estimate of drug-likeness (QED) is 0.701. The molecule has 1 rings (SSSR count). The minimum atomic E-state index is -0.847. The van der Waals surface area contributed by atoms with Gasteiger partial charge in [-0.05, 0) is 18.4 Å². The van der Waals surface area contributed by atoms with Crippen LogP contribution >= 0.6 is 0 Å². The lowest BCUT2D eigenvalue weighted by Gasteiger charge is -2.11. The lowest BCUT2D eigenvalue weighted by atomic mass is 10.1. The molecule has 1 heterocycles. The second kappa shape index (κ2) is 6.58. The first kappa shape index (κ1) is 14.0. The molecular formula is C12H16N2O4. The summed E-state index contributed by atoms with van der Waals surface area (Å²) in [5.41, 5.74) is 0.162. The molecule has 1 aromatic rings. The highest BCUT2D eigenvalue weighted by atomic mass is 16.4. The third-order valence-electron chi connectivity index (χ3n) is 2.51. The van der Waals surface area contributed by atoms with Crippen molar-refractivity contribution in [2.75, 3.05) is 6.54 Å². The average molecular weight is 252 g/mol. The Morgan fingerprint density at radius 3 is 2.83 bits per heavy atom. The molecule has 0 saturated heterocycles. The number of carbonyl (C=O) groups excluding carboxylic acids is 1. The Morgan fingerprint density at radius 1 is 1.50 bits per heavy atom. The van der Waals surface area contributed by atoms with Crippen LogP contribution in [-0.2, 0) is 4.79 Å². The van der Waals surface area contributed by atoms with Crippen molar-refractivity contribution in [1.29, 1.82) is 0 Å². The molecule has 1 atom stereocenters. The first-order chi connectivity index (χ1) is 8.50. The number of aliphatic carboxylic acids is 1. The summed E-state index contributed by atoms with van der Waals surface area (Å²) in [6, 6.07) is 1.42. The van der Waals surface area contributed by atoms with Gasteiger partial charge in [0.15, 0.2) is 0 Å². The number of hydrogen-bond donors (Lipinski definition) is 3. The maximum Gasteiger partial charge on any atom is 0.303 e. The zero-order chi connectivity index (χ0) is 13.5. The monoisotopic (exact) mass is 252 g/mol. The van der Waals surface area contributed by atoms with Gasteiger partial charge in [-0.15, -0.1) is 0 Å². The molecule has 3 N–H and O–H groups in total. The smallest absolute Gasteiger partial charge is 0.303 e. The van der Waals surface area contributed by atoms with E-state index in [-0.39, 0.29) is 23.7 Å². The summed E-state index contributed by atoms with van der Waals surface area (Å²) >= 11 is 0. The fraction of sp³-hybridized carbons (Fsp3) is 0.417. The van der Waals surface area contributed by atoms with Gasteiger partial charge < -0.3 is 15.5 Å². The molecule has 1 aromatic heterocycles. The molecule has 0 aliphatic rings. The lowest BCUT2D eigenvalue weighted by molar-refractivity contribution is -0.137. The lowest BCUT2D eigenvalue weighted by Crippen LogP contribution is -2.28. The van der Waals surface area contributed by atoms with E-state index in [9.17, 15) is 14.7 Å². The van der Waals surface area contributed by atoms with Crippen molar-refractivity contribution in [3.05, 3.63) is 24.0 Å². The summed E-state index contributed by atoms with van der Waals surface area (Å²) in [5.74, 6) is -1.35. The van der Waals surface area contributed by atoms with Gasteiger partial charge in [-0.25, -0.2) is 0 Å². The summed E-state index contributed by atoms with van der Waals surface area (Å²) in [6.45, 7) is 2.23. The summed E-state index contributed by atoms with van der Waals surface area (Å²) in [4.78, 5) is 25.7. The molecule has 0 saturated carbocycles. The van der Waals surface area contributed by atoms with Crippen molar-refractivity contribution in [2.45, 2.75) is 19.8 Å². The summed E-state index contributed by atoms with van der Waals surface area (Å²) in [5, 5.41) is 20.6. The number of aromatic nitrogens is 1. The van der Waals surface area contributed by atoms with Gasteiger partial charge >= 0.3 is 5.97 Å². The molecule has 0 aliphatic carbocycles. The second-order valence-corrected chi connectivity index (χ2v) is 4.14. The number of nitrogens with one attached hydrogen (secondary N) is 1. The Bertz CT molecular complexity index is 434. The van der Waals surface area contributed by atoms with Gasteiger partial charge in [-0.3, -0.25) is 14.6 Å². The molecular weight excluding hydrogens is 236 g/mol. The fourth-order valence-electron chi connectivity index (χ4n) is 1.41. The van der Waals surface area contributed by atoms with Crippen LogP contribution in [0.3, 0.4) is 0 Å². The SMILES string of the molecule is CC(CCC(=O)O)CNC(=O)c1ccncc1O. The van der Waals surface area contributed by atoms with Crippen LogP contribution in [-0.4, -0.2) is 33.6 Å². The number of carbonyl (C=O) groups is 2. The van der Waals surface area contributed by atoms with Crippen LogP contribution in [0.25, 0.3) is 0 Å². The average Bonchev–Trinajstić information content (AvgIpc) is 2.34. The molecule has 0 bridgehead atoms. The van der Waals surface area contributed by atoms with E-state index in [0.717, 1.165) is 0 Å². The molecule has 6 nitrogen and oxygen atoms in total. The summed E-state index contributed by atoms with van der Waals surface area (Å²) in [7, 11) is 0. The third-order valence-corrected chi connectivity index (χ3v) is 2.51. The number of carboxylic acid groups (broad SMARTS) is 1. The third kappa shape index (κ3) is 4.40. The number of nitrogens with zero attached hydrogens (tertiary/aromatic N) is 1. The van der Waals surface area contributed by atoms with Crippen LogP contribution < -0.4 is 5.32 Å². The molecule has 0 aromatic carbocycles. The van der Waals surface area contributed by atoms with E-state index in [4.69, 9.17) is 5.11 Å². The number of amides is 1. The summed E-state index contributed by atoms with van der Waals surface area (Å²) in [6.07, 6.45) is 3.20. The molecule has 0 radical (unpaired) electrons. The van der Waals surface area contributed by atoms with E-state index in [1.807, 2.05) is 6.92 Å². The highest BCUT2D eigenvalue weighted by Crippen LogP contribution is 2.13. The van der Waals surface area contributed by atoms with E-state index in [1.165, 1.54) is 18.5 Å². The number of rotatable bonds is 6. The van der Waals surface area contributed by atoms with Crippen molar-refractivity contribution in [2.24, 2.45) is 5.92 Å². The van der Waals surface area contributed by atoms with Crippen LogP contribution in [0.15, 0.2) is 18.5 Å². The Morgan fingerprint density at radius 2 is 2.22 bits per heavy atom.